The highest BCUT2D eigenvalue weighted by atomic mass is 16.2. The highest BCUT2D eigenvalue weighted by Gasteiger charge is 2.35. The smallest absolute Gasteiger partial charge is 0.223 e. The van der Waals surface area contributed by atoms with E-state index in [0.29, 0.717) is 23.8 Å². The molecule has 3 rings (SSSR count). The molecule has 1 atom stereocenters. The number of carbonyl (C=O) groups is 1. The van der Waals surface area contributed by atoms with Gasteiger partial charge in [-0.15, -0.1) is 0 Å². The monoisotopic (exact) mass is 250 g/mol. The van der Waals surface area contributed by atoms with E-state index in [9.17, 15) is 4.79 Å². The van der Waals surface area contributed by atoms with Crippen molar-refractivity contribution >= 4 is 5.91 Å². The molecular weight excluding hydrogens is 224 g/mol. The maximum Gasteiger partial charge on any atom is 0.223 e. The van der Waals surface area contributed by atoms with E-state index < -0.39 is 0 Å². The van der Waals surface area contributed by atoms with Crippen molar-refractivity contribution in [2.75, 3.05) is 19.6 Å². The Balaban J connectivity index is 1.51. The number of nitrogens with zero attached hydrogens (tertiary/aromatic N) is 1. The van der Waals surface area contributed by atoms with Gasteiger partial charge < -0.3 is 10.2 Å². The molecular formula is C15H26N2O. The molecule has 0 aromatic carbocycles. The Morgan fingerprint density at radius 1 is 1.06 bits per heavy atom. The molecule has 3 heteroatoms. The third-order valence-corrected chi connectivity index (χ3v) is 4.85. The molecule has 0 radical (unpaired) electrons. The number of hydrogen-bond acceptors (Lipinski definition) is 2. The van der Waals surface area contributed by atoms with Gasteiger partial charge in [-0.1, -0.05) is 6.42 Å². The van der Waals surface area contributed by atoms with Crippen molar-refractivity contribution in [2.45, 2.75) is 57.4 Å². The summed E-state index contributed by atoms with van der Waals surface area (Å²) in [6.07, 6.45) is 9.81. The van der Waals surface area contributed by atoms with E-state index in [0.717, 1.165) is 26.1 Å². The lowest BCUT2D eigenvalue weighted by atomic mass is 9.82. The van der Waals surface area contributed by atoms with Gasteiger partial charge in [0.2, 0.25) is 5.91 Å². The predicted molar refractivity (Wildman–Crippen MR) is 72.3 cm³/mol. The van der Waals surface area contributed by atoms with E-state index >= 15 is 0 Å². The van der Waals surface area contributed by atoms with Crippen LogP contribution in [0.2, 0.25) is 0 Å². The standard InChI is InChI=1S/C15H26N2O/c18-15(9-12-3-1-4-12)17(14-6-7-14)11-13-5-2-8-16-10-13/h12-14,16H,1-11H2. The zero-order valence-corrected chi connectivity index (χ0v) is 11.4. The van der Waals surface area contributed by atoms with Crippen LogP contribution in [0, 0.1) is 11.8 Å². The fourth-order valence-corrected chi connectivity index (χ4v) is 3.26. The zero-order chi connectivity index (χ0) is 12.4. The van der Waals surface area contributed by atoms with Crippen LogP contribution in [-0.4, -0.2) is 36.5 Å². The molecule has 3 fully saturated rings. The van der Waals surface area contributed by atoms with Crippen molar-refractivity contribution in [1.82, 2.24) is 10.2 Å². The van der Waals surface area contributed by atoms with Gasteiger partial charge in [-0.2, -0.15) is 0 Å². The van der Waals surface area contributed by atoms with E-state index in [1.165, 1.54) is 44.9 Å². The molecule has 1 unspecified atom stereocenters. The predicted octanol–water partition coefficient (Wildman–Crippen LogP) is 2.17. The Bertz CT molecular complexity index is 291. The van der Waals surface area contributed by atoms with Gasteiger partial charge in [0, 0.05) is 19.0 Å². The summed E-state index contributed by atoms with van der Waals surface area (Å²) in [5, 5.41) is 3.46. The summed E-state index contributed by atoms with van der Waals surface area (Å²) in [5.41, 5.74) is 0. The topological polar surface area (TPSA) is 32.3 Å². The lowest BCUT2D eigenvalue weighted by Gasteiger charge is -2.33. The summed E-state index contributed by atoms with van der Waals surface area (Å²) >= 11 is 0. The SMILES string of the molecule is O=C(CC1CCC1)N(CC1CCCNC1)C1CC1. The Labute approximate surface area is 110 Å². The third-order valence-electron chi connectivity index (χ3n) is 4.85. The highest BCUT2D eigenvalue weighted by molar-refractivity contribution is 5.77. The Morgan fingerprint density at radius 3 is 2.39 bits per heavy atom. The summed E-state index contributed by atoms with van der Waals surface area (Å²) in [6.45, 7) is 3.29. The maximum absolute atomic E-state index is 12.4. The summed E-state index contributed by atoms with van der Waals surface area (Å²) in [5.74, 6) is 1.86. The van der Waals surface area contributed by atoms with Crippen LogP contribution >= 0.6 is 0 Å². The molecule has 2 aliphatic carbocycles. The van der Waals surface area contributed by atoms with Crippen molar-refractivity contribution in [2.24, 2.45) is 11.8 Å². The minimum absolute atomic E-state index is 0.452. The first-order valence-corrected chi connectivity index (χ1v) is 7.83. The van der Waals surface area contributed by atoms with Crippen molar-refractivity contribution in [3.8, 4) is 0 Å². The Morgan fingerprint density at radius 2 is 1.83 bits per heavy atom. The average Bonchev–Trinajstić information content (AvgIpc) is 3.16. The van der Waals surface area contributed by atoms with Gasteiger partial charge in [0.15, 0.2) is 0 Å². The van der Waals surface area contributed by atoms with Crippen molar-refractivity contribution in [1.29, 1.82) is 0 Å². The van der Waals surface area contributed by atoms with E-state index in [1.54, 1.807) is 0 Å². The summed E-state index contributed by atoms with van der Waals surface area (Å²) < 4.78 is 0. The maximum atomic E-state index is 12.4. The number of hydrogen-bond donors (Lipinski definition) is 1. The molecule has 2 saturated carbocycles. The molecule has 1 aliphatic heterocycles. The first kappa shape index (κ1) is 12.5. The van der Waals surface area contributed by atoms with E-state index in [4.69, 9.17) is 0 Å². The molecule has 102 valence electrons. The second kappa shape index (κ2) is 5.60. The Kier molecular flexibility index (Phi) is 3.88. The minimum Gasteiger partial charge on any atom is -0.339 e. The van der Waals surface area contributed by atoms with Gasteiger partial charge in [-0.05, 0) is 63.5 Å². The molecule has 0 bridgehead atoms. The zero-order valence-electron chi connectivity index (χ0n) is 11.4. The van der Waals surface area contributed by atoms with Gasteiger partial charge in [-0.3, -0.25) is 4.79 Å². The molecule has 0 aromatic rings. The van der Waals surface area contributed by atoms with E-state index in [2.05, 4.69) is 10.2 Å². The molecule has 1 N–H and O–H groups in total. The summed E-state index contributed by atoms with van der Waals surface area (Å²) in [6, 6.07) is 0.597. The van der Waals surface area contributed by atoms with Gasteiger partial charge in [0.05, 0.1) is 0 Å². The number of amides is 1. The number of nitrogens with one attached hydrogen (secondary N) is 1. The van der Waals surface area contributed by atoms with Crippen LogP contribution in [0.15, 0.2) is 0 Å². The van der Waals surface area contributed by atoms with Crippen LogP contribution in [-0.2, 0) is 4.79 Å². The van der Waals surface area contributed by atoms with Crippen molar-refractivity contribution < 1.29 is 4.79 Å². The van der Waals surface area contributed by atoms with Crippen LogP contribution in [0.3, 0.4) is 0 Å². The quantitative estimate of drug-likeness (QED) is 0.811. The molecule has 18 heavy (non-hydrogen) atoms. The van der Waals surface area contributed by atoms with E-state index in [-0.39, 0.29) is 0 Å². The Hall–Kier alpha value is -0.570. The third kappa shape index (κ3) is 3.05. The fourth-order valence-electron chi connectivity index (χ4n) is 3.26. The molecule has 1 amide bonds. The second-order valence-electron chi connectivity index (χ2n) is 6.49. The molecule has 0 spiro atoms. The van der Waals surface area contributed by atoms with Crippen LogP contribution < -0.4 is 5.32 Å². The van der Waals surface area contributed by atoms with Gasteiger partial charge in [0.1, 0.15) is 0 Å². The molecule has 1 saturated heterocycles. The lowest BCUT2D eigenvalue weighted by Crippen LogP contribution is -2.43. The van der Waals surface area contributed by atoms with Crippen molar-refractivity contribution in [3.05, 3.63) is 0 Å². The molecule has 1 heterocycles. The average molecular weight is 250 g/mol. The lowest BCUT2D eigenvalue weighted by molar-refractivity contribution is -0.134. The van der Waals surface area contributed by atoms with Gasteiger partial charge >= 0.3 is 0 Å². The van der Waals surface area contributed by atoms with Crippen LogP contribution in [0.25, 0.3) is 0 Å². The van der Waals surface area contributed by atoms with Crippen LogP contribution in [0.4, 0.5) is 0 Å². The number of carbonyl (C=O) groups excluding carboxylic acids is 1. The number of rotatable bonds is 5. The number of piperidine rings is 1. The van der Waals surface area contributed by atoms with Crippen molar-refractivity contribution in [3.63, 3.8) is 0 Å². The van der Waals surface area contributed by atoms with E-state index in [1.807, 2.05) is 0 Å². The normalized spacial score (nSPS) is 28.8. The first-order valence-electron chi connectivity index (χ1n) is 7.83. The summed E-state index contributed by atoms with van der Waals surface area (Å²) in [4.78, 5) is 14.6. The highest BCUT2D eigenvalue weighted by Crippen LogP contribution is 2.33. The fraction of sp³-hybridized carbons (Fsp3) is 0.933. The first-order chi connectivity index (χ1) is 8.83. The molecule has 0 aromatic heterocycles. The molecule has 3 nitrogen and oxygen atoms in total. The second-order valence-corrected chi connectivity index (χ2v) is 6.49. The summed E-state index contributed by atoms with van der Waals surface area (Å²) in [7, 11) is 0. The van der Waals surface area contributed by atoms with Gasteiger partial charge in [-0.25, -0.2) is 0 Å². The van der Waals surface area contributed by atoms with Gasteiger partial charge in [0.25, 0.3) is 0 Å². The largest absolute Gasteiger partial charge is 0.339 e. The molecule has 3 aliphatic rings. The van der Waals surface area contributed by atoms with Crippen LogP contribution in [0.1, 0.15) is 51.4 Å². The van der Waals surface area contributed by atoms with Crippen LogP contribution in [0.5, 0.6) is 0 Å². The minimum atomic E-state index is 0.452.